The van der Waals surface area contributed by atoms with Crippen LogP contribution in [0.25, 0.3) is 99.9 Å². The number of rotatable bonds is 7. The van der Waals surface area contributed by atoms with E-state index in [-0.39, 0.29) is 0 Å². The molecule has 0 aliphatic heterocycles. The monoisotopic (exact) mass is 851 g/mol. The van der Waals surface area contributed by atoms with E-state index >= 15 is 0 Å². The van der Waals surface area contributed by atoms with Crippen LogP contribution in [0.3, 0.4) is 0 Å². The molecule has 0 atom stereocenters. The highest BCUT2D eigenvalue weighted by molar-refractivity contribution is 6.21. The Bertz CT molecular complexity index is 3800. The summed E-state index contributed by atoms with van der Waals surface area (Å²) in [6, 6.07) is 89.4. The van der Waals surface area contributed by atoms with Gasteiger partial charge in [-0.2, -0.15) is 0 Å². The zero-order chi connectivity index (χ0) is 44.3. The normalized spacial score (nSPS) is 12.6. The Hall–Kier alpha value is -8.79. The van der Waals surface area contributed by atoms with Gasteiger partial charge in [0.15, 0.2) is 17.5 Å². The van der Waals surface area contributed by atoms with Crippen LogP contribution in [0.5, 0.6) is 0 Å². The molecule has 0 unspecified atom stereocenters. The minimum absolute atomic E-state index is 0.567. The smallest absolute Gasteiger partial charge is 0.164 e. The van der Waals surface area contributed by atoms with Gasteiger partial charge < -0.3 is 0 Å². The molecule has 0 radical (unpaired) electrons. The second-order valence-corrected chi connectivity index (χ2v) is 17.4. The molecule has 0 amide bonds. The van der Waals surface area contributed by atoms with E-state index in [4.69, 9.17) is 15.0 Å². The van der Waals surface area contributed by atoms with Crippen LogP contribution in [0.1, 0.15) is 22.3 Å². The fourth-order valence-electron chi connectivity index (χ4n) is 10.9. The number of fused-ring (bicyclic) bond motifs is 7. The highest BCUT2D eigenvalue weighted by Crippen LogP contribution is 2.58. The lowest BCUT2D eigenvalue weighted by molar-refractivity contribution is 0.768. The molecule has 0 saturated heterocycles. The van der Waals surface area contributed by atoms with E-state index in [0.29, 0.717) is 17.5 Å². The maximum atomic E-state index is 5.58. The average molecular weight is 852 g/mol. The van der Waals surface area contributed by atoms with Crippen molar-refractivity contribution >= 4 is 32.3 Å². The van der Waals surface area contributed by atoms with Gasteiger partial charge in [-0.05, 0) is 94.0 Å². The minimum atomic E-state index is -0.567. The third kappa shape index (κ3) is 6.16. The summed E-state index contributed by atoms with van der Waals surface area (Å²) in [4.78, 5) is 16.5. The predicted octanol–water partition coefficient (Wildman–Crippen LogP) is 16.0. The van der Waals surface area contributed by atoms with Crippen molar-refractivity contribution in [3.63, 3.8) is 0 Å². The Kier molecular flexibility index (Phi) is 9.07. The van der Waals surface area contributed by atoms with Gasteiger partial charge in [0, 0.05) is 16.7 Å². The first kappa shape index (κ1) is 38.6. The quantitative estimate of drug-likeness (QED) is 0.118. The van der Waals surface area contributed by atoms with Gasteiger partial charge in [-0.15, -0.1) is 0 Å². The second kappa shape index (κ2) is 15.7. The highest BCUT2D eigenvalue weighted by atomic mass is 15.0. The summed E-state index contributed by atoms with van der Waals surface area (Å²) in [6.07, 6.45) is 0. The van der Waals surface area contributed by atoms with Crippen molar-refractivity contribution in [3.05, 3.63) is 271 Å². The molecule has 13 rings (SSSR count). The Morgan fingerprint density at radius 3 is 1.49 bits per heavy atom. The first-order valence-corrected chi connectivity index (χ1v) is 22.9. The number of nitrogens with zero attached hydrogens (tertiary/aromatic N) is 3. The van der Waals surface area contributed by atoms with Gasteiger partial charge in [-0.1, -0.05) is 243 Å². The fraction of sp³-hybridized carbons (Fsp3) is 0.0156. The van der Waals surface area contributed by atoms with E-state index in [1.54, 1.807) is 0 Å². The molecule has 0 N–H and O–H groups in total. The third-order valence-electron chi connectivity index (χ3n) is 13.8. The predicted molar refractivity (Wildman–Crippen MR) is 277 cm³/mol. The molecule has 12 aromatic rings. The van der Waals surface area contributed by atoms with Crippen LogP contribution in [0, 0.1) is 0 Å². The van der Waals surface area contributed by atoms with E-state index in [2.05, 4.69) is 249 Å². The molecular formula is C64H41N3. The zero-order valence-corrected chi connectivity index (χ0v) is 36.5. The molecule has 1 aromatic heterocycles. The first-order chi connectivity index (χ1) is 33.2. The number of hydrogen-bond donors (Lipinski definition) is 0. The molecule has 11 aromatic carbocycles. The Labute approximate surface area is 389 Å². The lowest BCUT2D eigenvalue weighted by atomic mass is 9.67. The van der Waals surface area contributed by atoms with Gasteiger partial charge in [0.25, 0.3) is 0 Å². The van der Waals surface area contributed by atoms with Crippen molar-refractivity contribution < 1.29 is 0 Å². The van der Waals surface area contributed by atoms with Gasteiger partial charge in [0.05, 0.1) is 5.41 Å². The van der Waals surface area contributed by atoms with Crippen molar-refractivity contribution in [1.82, 2.24) is 15.0 Å². The van der Waals surface area contributed by atoms with E-state index in [1.807, 2.05) is 0 Å². The van der Waals surface area contributed by atoms with Crippen LogP contribution < -0.4 is 0 Å². The van der Waals surface area contributed by atoms with Crippen LogP contribution in [0.2, 0.25) is 0 Å². The van der Waals surface area contributed by atoms with E-state index < -0.39 is 5.41 Å². The van der Waals surface area contributed by atoms with Gasteiger partial charge in [-0.3, -0.25) is 0 Å². The van der Waals surface area contributed by atoms with Crippen molar-refractivity contribution in [2.24, 2.45) is 0 Å². The number of aromatic nitrogens is 3. The molecule has 3 nitrogen and oxygen atoms in total. The van der Waals surface area contributed by atoms with Gasteiger partial charge in [0.1, 0.15) is 0 Å². The second-order valence-electron chi connectivity index (χ2n) is 17.4. The zero-order valence-electron chi connectivity index (χ0n) is 36.5. The van der Waals surface area contributed by atoms with Crippen LogP contribution in [0.4, 0.5) is 0 Å². The number of hydrogen-bond acceptors (Lipinski definition) is 3. The molecule has 0 fully saturated rings. The standard InChI is InChI=1S/C64H41N3/c1-4-19-42(20-5-1)43-35-37-45(38-36-43)61-65-62(53-30-15-14-29-51(53)59-50-28-13-11-22-46(50)41-56-49-27-12-10-21-44(49)39-40-52(56)59)67-63(66-61)55-32-18-34-58-60(55)54-31-16-17-33-57(54)64(58,47-23-6-2-7-24-47)48-25-8-3-9-26-48/h1-41H. The maximum Gasteiger partial charge on any atom is 0.164 e. The SMILES string of the molecule is c1ccc(-c2ccc(-c3nc(-c4ccccc4-c4c5ccccc5cc5c4ccc4ccccc45)nc(-c4cccc5c4-c4ccccc4C5(c4ccccc4)c4ccccc4)n3)cc2)cc1. The number of benzene rings is 11. The van der Waals surface area contributed by atoms with E-state index in [1.165, 1.54) is 60.1 Å². The van der Waals surface area contributed by atoms with Crippen molar-refractivity contribution in [1.29, 1.82) is 0 Å². The third-order valence-corrected chi connectivity index (χ3v) is 13.8. The molecular weight excluding hydrogens is 811 g/mol. The summed E-state index contributed by atoms with van der Waals surface area (Å²) in [5.74, 6) is 1.86. The molecule has 0 spiro atoms. The van der Waals surface area contributed by atoms with Crippen LogP contribution in [-0.2, 0) is 5.41 Å². The lowest BCUT2D eigenvalue weighted by Gasteiger charge is -2.33. The van der Waals surface area contributed by atoms with Gasteiger partial charge in [-0.25, -0.2) is 15.0 Å². The van der Waals surface area contributed by atoms with Crippen LogP contribution in [-0.4, -0.2) is 15.0 Å². The topological polar surface area (TPSA) is 38.7 Å². The largest absolute Gasteiger partial charge is 0.208 e. The van der Waals surface area contributed by atoms with Crippen molar-refractivity contribution in [2.75, 3.05) is 0 Å². The summed E-state index contributed by atoms with van der Waals surface area (Å²) in [7, 11) is 0. The van der Waals surface area contributed by atoms with E-state index in [9.17, 15) is 0 Å². The maximum absolute atomic E-state index is 5.58. The summed E-state index contributed by atoms with van der Waals surface area (Å²) in [6.45, 7) is 0. The van der Waals surface area contributed by atoms with Crippen LogP contribution in [0.15, 0.2) is 249 Å². The average Bonchev–Trinajstić information content (AvgIpc) is 3.72. The fourth-order valence-corrected chi connectivity index (χ4v) is 10.9. The molecule has 67 heavy (non-hydrogen) atoms. The molecule has 0 bridgehead atoms. The summed E-state index contributed by atoms with van der Waals surface area (Å²) < 4.78 is 0. The molecule has 312 valence electrons. The van der Waals surface area contributed by atoms with Crippen LogP contribution >= 0.6 is 0 Å². The summed E-state index contributed by atoms with van der Waals surface area (Å²) in [5.41, 5.74) is 13.9. The molecule has 1 aliphatic carbocycles. The molecule has 1 aliphatic rings. The van der Waals surface area contributed by atoms with Crippen molar-refractivity contribution in [3.8, 4) is 67.5 Å². The van der Waals surface area contributed by atoms with E-state index in [0.717, 1.165) is 44.5 Å². The lowest BCUT2D eigenvalue weighted by Crippen LogP contribution is -2.28. The molecule has 0 saturated carbocycles. The first-order valence-electron chi connectivity index (χ1n) is 22.9. The van der Waals surface area contributed by atoms with Crippen molar-refractivity contribution in [2.45, 2.75) is 5.41 Å². The Morgan fingerprint density at radius 1 is 0.254 bits per heavy atom. The minimum Gasteiger partial charge on any atom is -0.208 e. The van der Waals surface area contributed by atoms with Gasteiger partial charge in [0.2, 0.25) is 0 Å². The Balaban J connectivity index is 1.09. The Morgan fingerprint density at radius 2 is 0.761 bits per heavy atom. The highest BCUT2D eigenvalue weighted by Gasteiger charge is 2.47. The summed E-state index contributed by atoms with van der Waals surface area (Å²) in [5, 5.41) is 7.22. The molecule has 3 heteroatoms. The molecule has 1 heterocycles. The van der Waals surface area contributed by atoms with Gasteiger partial charge >= 0.3 is 0 Å². The summed E-state index contributed by atoms with van der Waals surface area (Å²) >= 11 is 0.